The summed E-state index contributed by atoms with van der Waals surface area (Å²) in [6, 6.07) is 19.2. The Morgan fingerprint density at radius 1 is 0.946 bits per heavy atom. The molecule has 0 aliphatic heterocycles. The van der Waals surface area contributed by atoms with Gasteiger partial charge in [-0.2, -0.15) is 23.0 Å². The number of rotatable bonds is 7. The van der Waals surface area contributed by atoms with E-state index in [1.807, 2.05) is 35.0 Å². The Hall–Kier alpha value is -3.16. The quantitative estimate of drug-likeness (QED) is 0.0967. The van der Waals surface area contributed by atoms with E-state index in [4.69, 9.17) is 12.5 Å². The third kappa shape index (κ3) is 12.1. The van der Waals surface area contributed by atoms with Crippen molar-refractivity contribution in [1.29, 1.82) is 0 Å². The van der Waals surface area contributed by atoms with Gasteiger partial charge in [-0.3, -0.25) is 0 Å². The van der Waals surface area contributed by atoms with Crippen LogP contribution in [0.1, 0.15) is 9.75 Å². The molecule has 0 amide bonds. The fourth-order valence-corrected chi connectivity index (χ4v) is 4.43. The van der Waals surface area contributed by atoms with Crippen LogP contribution in [0.2, 0.25) is 0 Å². The van der Waals surface area contributed by atoms with Gasteiger partial charge in [0, 0.05) is 9.75 Å². The van der Waals surface area contributed by atoms with E-state index in [0.29, 0.717) is 11.5 Å². The van der Waals surface area contributed by atoms with Gasteiger partial charge < -0.3 is 28.7 Å². The molecule has 0 unspecified atom stereocenters. The maximum atomic E-state index is 12.2. The molecular weight excluding hydrogens is 636 g/mol. The third-order valence-corrected chi connectivity index (χ3v) is 6.72. The average Bonchev–Trinajstić information content (AvgIpc) is 3.59. The molecule has 4 aromatic rings. The molecule has 3 aromatic heterocycles. The van der Waals surface area contributed by atoms with Crippen LogP contribution in [-0.2, 0) is 47.9 Å². The summed E-state index contributed by atoms with van der Waals surface area (Å²) >= 11 is 5.47. The monoisotopic (exact) mass is 656 g/mol. The summed E-state index contributed by atoms with van der Waals surface area (Å²) in [6.07, 6.45) is 4.62. The molecule has 3 heterocycles. The molecule has 0 aliphatic rings. The predicted molar refractivity (Wildman–Crippen MR) is 145 cm³/mol. The number of nitrogens with two attached hydrogens (primary N) is 1. The number of hydrogen-bond donors (Lipinski definition) is 1. The molecule has 4 rings (SSSR count). The minimum atomic E-state index is -3.71. The first kappa shape index (κ1) is 30.1. The molecule has 0 saturated carbocycles. The van der Waals surface area contributed by atoms with Crippen LogP contribution in [0, 0.1) is 0 Å². The van der Waals surface area contributed by atoms with Crippen LogP contribution in [0.15, 0.2) is 103 Å². The number of aromatic nitrogens is 1. The first-order chi connectivity index (χ1) is 17.8. The zero-order valence-corrected chi connectivity index (χ0v) is 24.0. The Labute approximate surface area is 235 Å². The van der Waals surface area contributed by atoms with Crippen LogP contribution in [0.3, 0.4) is 0 Å². The van der Waals surface area contributed by atoms with Gasteiger partial charge in [-0.25, -0.2) is 0 Å². The van der Waals surface area contributed by atoms with Crippen LogP contribution < -0.4 is 5.73 Å². The van der Waals surface area contributed by atoms with Crippen LogP contribution in [-0.4, -0.2) is 31.0 Å². The van der Waals surface area contributed by atoms with Crippen molar-refractivity contribution in [2.45, 2.75) is 4.90 Å². The number of thiophene rings is 2. The van der Waals surface area contributed by atoms with Gasteiger partial charge in [0.05, 0.1) is 17.3 Å². The maximum absolute atomic E-state index is 12.2. The molecule has 15 heteroatoms. The van der Waals surface area contributed by atoms with Gasteiger partial charge in [-0.1, -0.05) is 54.5 Å². The van der Waals surface area contributed by atoms with Crippen LogP contribution >= 0.6 is 22.7 Å². The van der Waals surface area contributed by atoms with Crippen LogP contribution in [0.5, 0.6) is 0 Å². The van der Waals surface area contributed by atoms with Crippen molar-refractivity contribution in [2.24, 2.45) is 20.3 Å². The summed E-state index contributed by atoms with van der Waals surface area (Å²) in [7, 11) is -3.71. The van der Waals surface area contributed by atoms with E-state index in [-0.39, 0.29) is 10.1 Å². The van der Waals surface area contributed by atoms with E-state index in [0.717, 1.165) is 9.75 Å². The van der Waals surface area contributed by atoms with E-state index >= 15 is 0 Å². The Morgan fingerprint density at radius 2 is 1.57 bits per heavy atom. The molecule has 10 nitrogen and oxygen atoms in total. The number of sulfonamides is 1. The molecule has 0 radical (unpaired) electrons. The van der Waals surface area contributed by atoms with Crippen LogP contribution in [0.4, 0.5) is 11.5 Å². The van der Waals surface area contributed by atoms with Crippen molar-refractivity contribution in [3.63, 3.8) is 0 Å². The van der Waals surface area contributed by atoms with E-state index in [1.54, 1.807) is 54.1 Å². The average molecular weight is 655 g/mol. The molecular formula is C22H18MoN6O4S4. The van der Waals surface area contributed by atoms with Crippen molar-refractivity contribution in [3.05, 3.63) is 98.8 Å². The number of pyridine rings is 1. The summed E-state index contributed by atoms with van der Waals surface area (Å²) in [5.41, 5.74) is 5.72. The van der Waals surface area contributed by atoms with E-state index in [1.165, 1.54) is 29.7 Å². The number of benzene rings is 1. The van der Waals surface area contributed by atoms with Crippen molar-refractivity contribution < 1.29 is 33.7 Å². The van der Waals surface area contributed by atoms with Crippen molar-refractivity contribution in [1.82, 2.24) is 4.98 Å². The van der Waals surface area contributed by atoms with Gasteiger partial charge in [0.15, 0.2) is 0 Å². The van der Waals surface area contributed by atoms with Crippen LogP contribution in [0.25, 0.3) is 5.32 Å². The Morgan fingerprint density at radius 3 is 2.08 bits per heavy atom. The first-order valence-corrected chi connectivity index (χ1v) is 15.1. The summed E-state index contributed by atoms with van der Waals surface area (Å²) in [5.74, 6) is 0.568. The summed E-state index contributed by atoms with van der Waals surface area (Å²) in [4.78, 5) is 6.05. The number of nitrogens with zero attached hydrogens (tertiary/aromatic N) is 5. The summed E-state index contributed by atoms with van der Waals surface area (Å²) in [6.45, 7) is 0. The Bertz CT molecular complexity index is 1430. The van der Waals surface area contributed by atoms with Gasteiger partial charge in [-0.15, -0.1) is 22.7 Å². The van der Waals surface area contributed by atoms with Gasteiger partial charge >= 0.3 is 25.3 Å². The molecule has 37 heavy (non-hydrogen) atoms. The predicted octanol–water partition coefficient (Wildman–Crippen LogP) is 4.99. The zero-order valence-electron chi connectivity index (χ0n) is 18.7. The normalized spacial score (nSPS) is 11.2. The second kappa shape index (κ2) is 16.6. The number of amidine groups is 1. The fraction of sp³-hybridized carbons (Fsp3) is 0. The molecule has 0 saturated heterocycles. The number of hydrogen-bond acceptors (Lipinski definition) is 10. The third-order valence-electron chi connectivity index (χ3n) is 3.77. The Balaban J connectivity index is 0.000000287. The molecule has 2 N–H and O–H groups in total. The van der Waals surface area contributed by atoms with Gasteiger partial charge in [0.25, 0.3) is 10.0 Å². The summed E-state index contributed by atoms with van der Waals surface area (Å²) < 4.78 is 45.0. The van der Waals surface area contributed by atoms with E-state index < -0.39 is 28.5 Å². The van der Waals surface area contributed by atoms with Gasteiger partial charge in [0.2, 0.25) is 0 Å². The SMILES string of the molecule is N/C([S-])=N/N=C\c1cccs1.O=S(=O)(/N=C/c1cccs1)c1ccc([N-]c2ccccn2)cc1.[O]=[Mo+2]=[O]. The molecule has 0 spiro atoms. The van der Waals surface area contributed by atoms with E-state index in [2.05, 4.69) is 37.5 Å². The van der Waals surface area contributed by atoms with Crippen molar-refractivity contribution in [2.75, 3.05) is 0 Å². The Kier molecular flexibility index (Phi) is 13.5. The molecule has 0 aliphatic carbocycles. The van der Waals surface area contributed by atoms with Crippen molar-refractivity contribution in [3.8, 4) is 0 Å². The molecule has 190 valence electrons. The molecule has 1 aromatic carbocycles. The second-order valence-electron chi connectivity index (χ2n) is 6.28. The topological polar surface area (TPSA) is 158 Å². The molecule has 0 bridgehead atoms. The second-order valence-corrected chi connectivity index (χ2v) is 10.6. The summed E-state index contributed by atoms with van der Waals surface area (Å²) in [5, 5.41) is 15.3. The first-order valence-electron chi connectivity index (χ1n) is 9.89. The fourth-order valence-electron chi connectivity index (χ4n) is 2.30. The zero-order chi connectivity index (χ0) is 26.9. The molecule has 0 atom stereocenters. The van der Waals surface area contributed by atoms with Gasteiger partial charge in [0.1, 0.15) is 0 Å². The van der Waals surface area contributed by atoms with Gasteiger partial charge in [-0.05, 0) is 45.9 Å². The molecule has 0 fully saturated rings. The van der Waals surface area contributed by atoms with E-state index in [9.17, 15) is 8.42 Å². The standard InChI is InChI=1S/C16H12N3O2S2.C6H7N3S2.Mo.2O/c20-23(21,18-12-14-4-3-11-22-14)15-8-6-13(7-9-15)19-16-5-1-2-10-17-16;7-6(10)9-8-4-5-2-1-3-11-5;;;/h1-12H;1-4H,(H3,7,9,10);;;/q-1;;+2;;/p-1/b18-12+;8-4-;;;. The van der Waals surface area contributed by atoms with Crippen molar-refractivity contribution >= 4 is 74.4 Å². The minimum absolute atomic E-state index is 0.0535.